The number of fused-ring (bicyclic) bond motifs is 1. The van der Waals surface area contributed by atoms with Gasteiger partial charge in [-0.15, -0.1) is 0 Å². The molecule has 3 aromatic rings. The number of morpholine rings is 1. The number of hydrogen-bond donors (Lipinski definition) is 3. The number of carbonyl (C=O) groups is 2. The van der Waals surface area contributed by atoms with E-state index in [4.69, 9.17) is 10.5 Å². The number of phenolic OH excluding ortho intramolecular Hbond substituents is 1. The van der Waals surface area contributed by atoms with Crippen molar-refractivity contribution in [3.05, 3.63) is 65.4 Å². The number of nitrogens with zero attached hydrogens (tertiary/aromatic N) is 2. The summed E-state index contributed by atoms with van der Waals surface area (Å²) in [5.41, 5.74) is 8.31. The molecule has 1 saturated heterocycles. The number of ether oxygens (including phenoxy) is 1. The van der Waals surface area contributed by atoms with Crippen molar-refractivity contribution in [3.63, 3.8) is 0 Å². The molecule has 4 N–H and O–H groups in total. The summed E-state index contributed by atoms with van der Waals surface area (Å²) in [5, 5.41) is 14.1. The van der Waals surface area contributed by atoms with Gasteiger partial charge in [-0.2, -0.15) is 0 Å². The Morgan fingerprint density at radius 3 is 2.52 bits per heavy atom. The number of para-hydroxylation sites is 1. The van der Waals surface area contributed by atoms with Crippen molar-refractivity contribution in [3.8, 4) is 5.75 Å². The Kier molecular flexibility index (Phi) is 6.96. The number of amides is 2. The number of primary amides is 1. The fourth-order valence-corrected chi connectivity index (χ4v) is 4.45. The van der Waals surface area contributed by atoms with Crippen LogP contribution in [0.3, 0.4) is 0 Å². The van der Waals surface area contributed by atoms with Crippen LogP contribution < -0.4 is 11.1 Å². The zero-order valence-electron chi connectivity index (χ0n) is 18.8. The van der Waals surface area contributed by atoms with Gasteiger partial charge in [-0.25, -0.2) is 0 Å². The molecule has 4 rings (SSSR count). The zero-order valence-corrected chi connectivity index (χ0v) is 18.8. The third-order valence-corrected chi connectivity index (χ3v) is 6.22. The summed E-state index contributed by atoms with van der Waals surface area (Å²) in [6, 6.07) is 13.7. The van der Waals surface area contributed by atoms with E-state index in [2.05, 4.69) is 10.2 Å². The lowest BCUT2D eigenvalue weighted by Crippen LogP contribution is -2.46. The smallest absolute Gasteiger partial charge is 0.254 e. The lowest BCUT2D eigenvalue weighted by Gasteiger charge is -2.27. The first-order valence-corrected chi connectivity index (χ1v) is 11.2. The number of carbonyl (C=O) groups excluding carboxylic acids is 2. The number of nitrogens with two attached hydrogens (primary N) is 1. The monoisotopic (exact) mass is 450 g/mol. The second-order valence-electron chi connectivity index (χ2n) is 8.36. The molecule has 33 heavy (non-hydrogen) atoms. The predicted octanol–water partition coefficient (Wildman–Crippen LogP) is 1.81. The van der Waals surface area contributed by atoms with Crippen LogP contribution in [0.25, 0.3) is 10.9 Å². The third kappa shape index (κ3) is 5.02. The highest BCUT2D eigenvalue weighted by atomic mass is 16.5. The van der Waals surface area contributed by atoms with Gasteiger partial charge in [-0.3, -0.25) is 14.5 Å². The van der Waals surface area contributed by atoms with Crippen LogP contribution in [0.4, 0.5) is 0 Å². The van der Waals surface area contributed by atoms with Crippen LogP contribution in [-0.4, -0.2) is 65.3 Å². The fraction of sp³-hybridized carbons (Fsp3) is 0.360. The number of aromatic hydroxyl groups is 1. The van der Waals surface area contributed by atoms with Crippen molar-refractivity contribution in [2.45, 2.75) is 25.9 Å². The summed E-state index contributed by atoms with van der Waals surface area (Å²) in [6.45, 7) is 6.40. The van der Waals surface area contributed by atoms with Crippen LogP contribution in [0.15, 0.2) is 48.5 Å². The molecule has 0 radical (unpaired) electrons. The molecule has 2 aromatic carbocycles. The van der Waals surface area contributed by atoms with E-state index in [1.807, 2.05) is 47.9 Å². The molecule has 1 aromatic heterocycles. The van der Waals surface area contributed by atoms with E-state index in [0.29, 0.717) is 42.6 Å². The maximum atomic E-state index is 13.4. The lowest BCUT2D eigenvalue weighted by molar-refractivity contribution is -0.119. The molecule has 8 heteroatoms. The van der Waals surface area contributed by atoms with Crippen molar-refractivity contribution >= 4 is 22.7 Å². The SMILES string of the molecule is Cc1c(C(=O)N[C@@H](Cc2ccccc2)C(N)=O)c2cccc(O)c2n1CCN1CCOCC1. The Bertz CT molecular complexity index is 1140. The highest BCUT2D eigenvalue weighted by Gasteiger charge is 2.26. The van der Waals surface area contributed by atoms with E-state index >= 15 is 0 Å². The molecule has 0 spiro atoms. The van der Waals surface area contributed by atoms with Crippen LogP contribution in [0.2, 0.25) is 0 Å². The number of benzene rings is 2. The van der Waals surface area contributed by atoms with Gasteiger partial charge in [0.25, 0.3) is 5.91 Å². The maximum absolute atomic E-state index is 13.4. The largest absolute Gasteiger partial charge is 0.506 e. The van der Waals surface area contributed by atoms with E-state index in [1.165, 1.54) is 0 Å². The first-order valence-electron chi connectivity index (χ1n) is 11.2. The van der Waals surface area contributed by atoms with E-state index in [1.54, 1.807) is 12.1 Å². The summed E-state index contributed by atoms with van der Waals surface area (Å²) in [5.74, 6) is -0.857. The van der Waals surface area contributed by atoms with Crippen LogP contribution in [0.1, 0.15) is 21.6 Å². The first-order chi connectivity index (χ1) is 16.0. The molecule has 2 heterocycles. The molecular weight excluding hydrogens is 420 g/mol. The van der Waals surface area contributed by atoms with Gasteiger partial charge in [0.1, 0.15) is 11.8 Å². The Morgan fingerprint density at radius 2 is 1.82 bits per heavy atom. The van der Waals surface area contributed by atoms with Crippen molar-refractivity contribution in [2.24, 2.45) is 5.73 Å². The minimum atomic E-state index is -0.844. The van der Waals surface area contributed by atoms with Gasteiger partial charge in [0.05, 0.1) is 24.3 Å². The number of rotatable bonds is 8. The van der Waals surface area contributed by atoms with E-state index in [-0.39, 0.29) is 11.7 Å². The molecule has 0 saturated carbocycles. The minimum absolute atomic E-state index is 0.118. The third-order valence-electron chi connectivity index (χ3n) is 6.22. The van der Waals surface area contributed by atoms with Crippen LogP contribution in [0, 0.1) is 6.92 Å². The van der Waals surface area contributed by atoms with Gasteiger partial charge in [0, 0.05) is 43.7 Å². The van der Waals surface area contributed by atoms with Crippen LogP contribution in [-0.2, 0) is 22.5 Å². The Morgan fingerprint density at radius 1 is 1.09 bits per heavy atom. The van der Waals surface area contributed by atoms with Gasteiger partial charge in [-0.1, -0.05) is 42.5 Å². The normalized spacial score (nSPS) is 15.4. The minimum Gasteiger partial charge on any atom is -0.506 e. The van der Waals surface area contributed by atoms with Gasteiger partial charge in [0.2, 0.25) is 5.91 Å². The second kappa shape index (κ2) is 10.1. The fourth-order valence-electron chi connectivity index (χ4n) is 4.45. The zero-order chi connectivity index (χ0) is 23.4. The summed E-state index contributed by atoms with van der Waals surface area (Å²) in [4.78, 5) is 27.8. The van der Waals surface area contributed by atoms with Gasteiger partial charge < -0.3 is 25.5 Å². The number of hydrogen-bond acceptors (Lipinski definition) is 5. The van der Waals surface area contributed by atoms with E-state index in [0.717, 1.165) is 30.9 Å². The molecule has 0 unspecified atom stereocenters. The molecule has 1 aliphatic rings. The Hall–Kier alpha value is -3.36. The summed E-state index contributed by atoms with van der Waals surface area (Å²) in [7, 11) is 0. The number of phenols is 1. The summed E-state index contributed by atoms with van der Waals surface area (Å²) < 4.78 is 7.40. The Labute approximate surface area is 192 Å². The molecule has 1 aliphatic heterocycles. The number of aromatic nitrogens is 1. The molecule has 1 atom stereocenters. The van der Waals surface area contributed by atoms with E-state index < -0.39 is 11.9 Å². The van der Waals surface area contributed by atoms with Crippen molar-refractivity contribution in [1.82, 2.24) is 14.8 Å². The summed E-state index contributed by atoms with van der Waals surface area (Å²) in [6.07, 6.45) is 0.307. The predicted molar refractivity (Wildman–Crippen MR) is 126 cm³/mol. The summed E-state index contributed by atoms with van der Waals surface area (Å²) >= 11 is 0. The van der Waals surface area contributed by atoms with E-state index in [9.17, 15) is 14.7 Å². The highest BCUT2D eigenvalue weighted by Crippen LogP contribution is 2.32. The Balaban J connectivity index is 1.62. The molecule has 0 aliphatic carbocycles. The topological polar surface area (TPSA) is 110 Å². The van der Waals surface area contributed by atoms with Gasteiger partial charge >= 0.3 is 0 Å². The molecular formula is C25H30N4O4. The standard InChI is InChI=1S/C25H30N4O4/c1-17-22(25(32)27-20(24(26)31)16-18-6-3-2-4-7-18)19-8-5-9-21(30)23(19)29(17)11-10-28-12-14-33-15-13-28/h2-9,20,30H,10-16H2,1H3,(H2,26,31)(H,27,32)/t20-/m0/s1. The molecule has 174 valence electrons. The first kappa shape index (κ1) is 22.8. The van der Waals surface area contributed by atoms with Crippen molar-refractivity contribution in [1.29, 1.82) is 0 Å². The molecule has 0 bridgehead atoms. The average Bonchev–Trinajstić information content (AvgIpc) is 3.11. The number of nitrogens with one attached hydrogen (secondary N) is 1. The van der Waals surface area contributed by atoms with Gasteiger partial charge in [0.15, 0.2) is 0 Å². The lowest BCUT2D eigenvalue weighted by atomic mass is 10.0. The van der Waals surface area contributed by atoms with Crippen molar-refractivity contribution in [2.75, 3.05) is 32.8 Å². The molecule has 8 nitrogen and oxygen atoms in total. The highest BCUT2D eigenvalue weighted by molar-refractivity contribution is 6.10. The molecule has 2 amide bonds. The van der Waals surface area contributed by atoms with Crippen LogP contribution in [0.5, 0.6) is 5.75 Å². The molecule has 1 fully saturated rings. The second-order valence-corrected chi connectivity index (χ2v) is 8.36. The van der Waals surface area contributed by atoms with Gasteiger partial charge in [-0.05, 0) is 18.6 Å². The quantitative estimate of drug-likeness (QED) is 0.485. The average molecular weight is 451 g/mol. The van der Waals surface area contributed by atoms with Crippen molar-refractivity contribution < 1.29 is 19.4 Å². The van der Waals surface area contributed by atoms with Crippen LogP contribution >= 0.6 is 0 Å². The maximum Gasteiger partial charge on any atom is 0.254 e.